The second-order valence-electron chi connectivity index (χ2n) is 12.0. The van der Waals surface area contributed by atoms with Gasteiger partial charge in [0.1, 0.15) is 23.8 Å². The van der Waals surface area contributed by atoms with Crippen molar-refractivity contribution < 1.29 is 4.74 Å². The molecule has 1 aliphatic carbocycles. The van der Waals surface area contributed by atoms with Crippen LogP contribution in [0.5, 0.6) is 0 Å². The molecule has 1 heterocycles. The molecule has 0 saturated heterocycles. The van der Waals surface area contributed by atoms with Gasteiger partial charge in [0.05, 0.1) is 10.0 Å². The smallest absolute Gasteiger partial charge is 0.172 e. The molecular formula is C38H36Cl2N4O. The first-order valence-corrected chi connectivity index (χ1v) is 15.7. The number of hydrogen-bond donors (Lipinski definition) is 0. The minimum Gasteiger partial charge on any atom is -0.474 e. The molecule has 7 heteroatoms. The number of nitriles is 3. The van der Waals surface area contributed by atoms with Gasteiger partial charge in [0.15, 0.2) is 16.9 Å². The summed E-state index contributed by atoms with van der Waals surface area (Å²) >= 11 is 12.5. The minimum atomic E-state index is -1.18. The lowest BCUT2D eigenvalue weighted by molar-refractivity contribution is 0.0755. The van der Waals surface area contributed by atoms with Crippen LogP contribution in [-0.4, -0.2) is 13.1 Å². The lowest BCUT2D eigenvalue weighted by atomic mass is 9.75. The summed E-state index contributed by atoms with van der Waals surface area (Å²) in [5.74, 6) is -0.0420. The highest BCUT2D eigenvalue weighted by Crippen LogP contribution is 2.48. The molecule has 228 valence electrons. The Kier molecular flexibility index (Phi) is 10.5. The summed E-state index contributed by atoms with van der Waals surface area (Å²) in [6.45, 7) is 12.6. The van der Waals surface area contributed by atoms with E-state index in [0.717, 1.165) is 37.1 Å². The van der Waals surface area contributed by atoms with Gasteiger partial charge in [-0.2, -0.15) is 15.8 Å². The number of allylic oxidation sites excluding steroid dienone is 8. The Balaban J connectivity index is 1.69. The molecule has 0 fully saturated rings. The normalized spacial score (nSPS) is 20.1. The SMILES string of the molecule is CCN(CC)c1ccc(/C=C/C2=CC(=C\C=C\C3=C(C#N)C(=C(C#N)C#N)OC3(C)c3ccc(Cl)c(Cl)c3)/CC(C)(C)C2)cc1. The Hall–Kier alpha value is -4.47. The number of nitrogens with zero attached hydrogens (tertiary/aromatic N) is 4. The Morgan fingerprint density at radius 3 is 2.20 bits per heavy atom. The van der Waals surface area contributed by atoms with Crippen molar-refractivity contribution in [1.29, 1.82) is 15.8 Å². The molecule has 1 aliphatic heterocycles. The van der Waals surface area contributed by atoms with Gasteiger partial charge >= 0.3 is 0 Å². The van der Waals surface area contributed by atoms with Crippen LogP contribution in [0.25, 0.3) is 6.08 Å². The first-order chi connectivity index (χ1) is 21.5. The first kappa shape index (κ1) is 33.4. The van der Waals surface area contributed by atoms with Gasteiger partial charge in [-0.05, 0) is 80.0 Å². The van der Waals surface area contributed by atoms with Gasteiger partial charge in [0.2, 0.25) is 0 Å². The van der Waals surface area contributed by atoms with Crippen molar-refractivity contribution in [3.8, 4) is 18.2 Å². The van der Waals surface area contributed by atoms with Crippen molar-refractivity contribution in [2.75, 3.05) is 18.0 Å². The summed E-state index contributed by atoms with van der Waals surface area (Å²) in [6, 6.07) is 19.6. The van der Waals surface area contributed by atoms with Gasteiger partial charge in [-0.3, -0.25) is 0 Å². The van der Waals surface area contributed by atoms with Crippen LogP contribution in [0, 0.1) is 39.4 Å². The van der Waals surface area contributed by atoms with Crippen LogP contribution in [0.2, 0.25) is 10.0 Å². The number of hydrogen-bond acceptors (Lipinski definition) is 5. The Morgan fingerprint density at radius 1 is 0.911 bits per heavy atom. The van der Waals surface area contributed by atoms with Crippen LogP contribution >= 0.6 is 23.2 Å². The van der Waals surface area contributed by atoms with Crippen molar-refractivity contribution in [3.63, 3.8) is 0 Å². The number of ether oxygens (including phenoxy) is 1. The zero-order valence-electron chi connectivity index (χ0n) is 26.3. The van der Waals surface area contributed by atoms with E-state index >= 15 is 0 Å². The maximum atomic E-state index is 10.1. The monoisotopic (exact) mass is 634 g/mol. The van der Waals surface area contributed by atoms with E-state index in [0.29, 0.717) is 21.2 Å². The van der Waals surface area contributed by atoms with E-state index in [9.17, 15) is 15.8 Å². The molecular weight excluding hydrogens is 599 g/mol. The van der Waals surface area contributed by atoms with Crippen LogP contribution in [0.1, 0.15) is 58.6 Å². The zero-order valence-corrected chi connectivity index (χ0v) is 27.8. The average Bonchev–Trinajstić information content (AvgIpc) is 3.30. The number of anilines is 1. The van der Waals surface area contributed by atoms with Crippen molar-refractivity contribution in [3.05, 3.63) is 128 Å². The summed E-state index contributed by atoms with van der Waals surface area (Å²) in [5.41, 5.74) is 4.66. The summed E-state index contributed by atoms with van der Waals surface area (Å²) in [6.07, 6.45) is 14.2. The third kappa shape index (κ3) is 7.44. The molecule has 0 amide bonds. The molecule has 0 N–H and O–H groups in total. The van der Waals surface area contributed by atoms with Crippen molar-refractivity contribution >= 4 is 35.0 Å². The quantitative estimate of drug-likeness (QED) is 0.270. The standard InChI is InChI=1S/C38H36Cl2N4O/c1-6-44(7-2)31-16-13-26(14-17-31)11-12-28-19-27(21-37(3,4)22-28)9-8-10-33-32(25-43)36(29(23-41)24-42)45-38(33,5)30-15-18-34(39)35(40)20-30/h8-20H,6-7,21-22H2,1-5H3/b10-8+,12-11+,27-9+. The van der Waals surface area contributed by atoms with Crippen molar-refractivity contribution in [2.45, 2.75) is 53.1 Å². The fraction of sp³-hybridized carbons (Fsp3) is 0.289. The van der Waals surface area contributed by atoms with E-state index in [-0.39, 0.29) is 22.3 Å². The van der Waals surface area contributed by atoms with E-state index in [2.05, 4.69) is 81.2 Å². The molecule has 5 nitrogen and oxygen atoms in total. The summed E-state index contributed by atoms with van der Waals surface area (Å²) in [4.78, 5) is 2.33. The maximum absolute atomic E-state index is 10.1. The van der Waals surface area contributed by atoms with Crippen LogP contribution in [0.4, 0.5) is 5.69 Å². The highest BCUT2D eigenvalue weighted by atomic mass is 35.5. The molecule has 0 spiro atoms. The molecule has 0 saturated carbocycles. The number of halogens is 2. The largest absolute Gasteiger partial charge is 0.474 e. The Labute approximate surface area is 276 Å². The van der Waals surface area contributed by atoms with E-state index in [4.69, 9.17) is 27.9 Å². The van der Waals surface area contributed by atoms with Gasteiger partial charge in [-0.15, -0.1) is 0 Å². The third-order valence-corrected chi connectivity index (χ3v) is 8.91. The summed E-state index contributed by atoms with van der Waals surface area (Å²) in [7, 11) is 0. The average molecular weight is 636 g/mol. The highest BCUT2D eigenvalue weighted by molar-refractivity contribution is 6.42. The third-order valence-electron chi connectivity index (χ3n) is 8.17. The van der Waals surface area contributed by atoms with E-state index < -0.39 is 5.60 Å². The van der Waals surface area contributed by atoms with Gasteiger partial charge in [-0.25, -0.2) is 0 Å². The summed E-state index contributed by atoms with van der Waals surface area (Å²) < 4.78 is 6.23. The number of rotatable bonds is 8. The second kappa shape index (κ2) is 14.1. The molecule has 2 aromatic rings. The predicted molar refractivity (Wildman–Crippen MR) is 183 cm³/mol. The van der Waals surface area contributed by atoms with Crippen molar-refractivity contribution in [1.82, 2.24) is 0 Å². The lowest BCUT2D eigenvalue weighted by Gasteiger charge is -2.30. The molecule has 0 bridgehead atoms. The van der Waals surface area contributed by atoms with Crippen LogP contribution in [-0.2, 0) is 10.3 Å². The molecule has 2 aliphatic rings. The van der Waals surface area contributed by atoms with E-state index in [1.165, 1.54) is 11.3 Å². The van der Waals surface area contributed by atoms with Gasteiger partial charge in [0.25, 0.3) is 0 Å². The lowest BCUT2D eigenvalue weighted by Crippen LogP contribution is -2.23. The molecule has 0 aromatic heterocycles. The van der Waals surface area contributed by atoms with Gasteiger partial charge in [0, 0.05) is 29.9 Å². The van der Waals surface area contributed by atoms with E-state index in [1.54, 1.807) is 25.1 Å². The molecule has 1 atom stereocenters. The Morgan fingerprint density at radius 2 is 1.60 bits per heavy atom. The first-order valence-electron chi connectivity index (χ1n) is 14.9. The Bertz CT molecular complexity index is 1770. The van der Waals surface area contributed by atoms with Crippen LogP contribution in [0.15, 0.2) is 106 Å². The topological polar surface area (TPSA) is 83.8 Å². The van der Waals surface area contributed by atoms with Crippen LogP contribution < -0.4 is 4.90 Å². The minimum absolute atomic E-state index is 0.0420. The van der Waals surface area contributed by atoms with E-state index in [1.807, 2.05) is 30.4 Å². The molecule has 4 rings (SSSR count). The fourth-order valence-electron chi connectivity index (χ4n) is 5.91. The molecule has 45 heavy (non-hydrogen) atoms. The van der Waals surface area contributed by atoms with Crippen LogP contribution in [0.3, 0.4) is 0 Å². The summed E-state index contributed by atoms with van der Waals surface area (Å²) in [5, 5.41) is 30.0. The predicted octanol–water partition coefficient (Wildman–Crippen LogP) is 10.1. The maximum Gasteiger partial charge on any atom is 0.172 e. The highest BCUT2D eigenvalue weighted by Gasteiger charge is 2.44. The molecule has 1 unspecified atom stereocenters. The fourth-order valence-corrected chi connectivity index (χ4v) is 6.21. The molecule has 0 radical (unpaired) electrons. The molecule has 2 aromatic carbocycles. The number of benzene rings is 2. The zero-order chi connectivity index (χ0) is 32.8. The van der Waals surface area contributed by atoms with Crippen molar-refractivity contribution in [2.24, 2.45) is 5.41 Å². The second-order valence-corrected chi connectivity index (χ2v) is 12.8. The van der Waals surface area contributed by atoms with Gasteiger partial charge in [-0.1, -0.05) is 91.7 Å². The van der Waals surface area contributed by atoms with Gasteiger partial charge < -0.3 is 9.64 Å².